The van der Waals surface area contributed by atoms with Gasteiger partial charge in [-0.1, -0.05) is 41.9 Å². The van der Waals surface area contributed by atoms with Crippen LogP contribution < -0.4 is 5.32 Å². The number of carbonyl (C=O) groups excluding carboxylic acids is 1. The molecule has 5 heteroatoms. The van der Waals surface area contributed by atoms with E-state index in [-0.39, 0.29) is 12.5 Å². The first-order valence-corrected chi connectivity index (χ1v) is 6.82. The maximum absolute atomic E-state index is 11.2. The molecule has 0 aliphatic rings. The number of nitrogens with one attached hydrogen (secondary N) is 1. The monoisotopic (exact) mass is 305 g/mol. The summed E-state index contributed by atoms with van der Waals surface area (Å²) >= 11 is 6.01. The molecule has 0 amide bonds. The maximum Gasteiger partial charge on any atom is 0.325 e. The number of ether oxygens (including phenoxy) is 1. The second kappa shape index (κ2) is 7.11. The Morgan fingerprint density at radius 1 is 1.29 bits per heavy atom. The number of methoxy groups -OCH3 is 1. The Kier molecular flexibility index (Phi) is 5.20. The van der Waals surface area contributed by atoms with Crippen molar-refractivity contribution in [3.05, 3.63) is 64.7 Å². The fraction of sp³-hybridized carbons (Fsp3) is 0.188. The van der Waals surface area contributed by atoms with E-state index in [1.54, 1.807) is 18.2 Å². The molecule has 0 aliphatic carbocycles. The molecule has 0 fully saturated rings. The maximum atomic E-state index is 11.2. The van der Waals surface area contributed by atoms with Gasteiger partial charge in [0.25, 0.3) is 0 Å². The van der Waals surface area contributed by atoms with Gasteiger partial charge in [0.15, 0.2) is 0 Å². The molecular formula is C16H16ClNO3. The zero-order valence-corrected chi connectivity index (χ0v) is 12.3. The van der Waals surface area contributed by atoms with Gasteiger partial charge in [0, 0.05) is 16.3 Å². The molecule has 2 aromatic rings. The molecule has 0 saturated carbocycles. The van der Waals surface area contributed by atoms with Crippen LogP contribution in [0.5, 0.6) is 0 Å². The molecule has 2 aromatic carbocycles. The first-order valence-electron chi connectivity index (χ1n) is 6.45. The van der Waals surface area contributed by atoms with Crippen LogP contribution >= 0.6 is 11.6 Å². The Morgan fingerprint density at radius 3 is 2.67 bits per heavy atom. The van der Waals surface area contributed by atoms with Crippen LogP contribution in [0.15, 0.2) is 48.5 Å². The summed E-state index contributed by atoms with van der Waals surface area (Å²) in [6.07, 6.45) is -0.829. The van der Waals surface area contributed by atoms with Crippen LogP contribution in [0.1, 0.15) is 17.2 Å². The van der Waals surface area contributed by atoms with Crippen LogP contribution in [0.4, 0.5) is 5.69 Å². The van der Waals surface area contributed by atoms with Crippen molar-refractivity contribution in [2.24, 2.45) is 0 Å². The first-order chi connectivity index (χ1) is 10.1. The third-order valence-corrected chi connectivity index (χ3v) is 3.31. The van der Waals surface area contributed by atoms with E-state index in [0.717, 1.165) is 5.56 Å². The molecule has 0 heterocycles. The third kappa shape index (κ3) is 3.97. The molecule has 110 valence electrons. The zero-order valence-electron chi connectivity index (χ0n) is 11.5. The van der Waals surface area contributed by atoms with Crippen molar-refractivity contribution in [2.45, 2.75) is 6.10 Å². The van der Waals surface area contributed by atoms with Gasteiger partial charge in [-0.05, 0) is 23.8 Å². The molecule has 21 heavy (non-hydrogen) atoms. The molecule has 2 rings (SSSR count). The van der Waals surface area contributed by atoms with Gasteiger partial charge in [0.1, 0.15) is 12.6 Å². The minimum atomic E-state index is -0.829. The van der Waals surface area contributed by atoms with Gasteiger partial charge in [-0.2, -0.15) is 0 Å². The smallest absolute Gasteiger partial charge is 0.325 e. The van der Waals surface area contributed by atoms with Crippen LogP contribution in [-0.2, 0) is 9.53 Å². The van der Waals surface area contributed by atoms with E-state index >= 15 is 0 Å². The standard InChI is InChI=1S/C16H16ClNO3/c1-21-15(19)10-18-14-8-7-12(17)9-13(14)16(20)11-5-3-2-4-6-11/h2-9,16,18,20H,10H2,1H3/t16-/m1/s1. The van der Waals surface area contributed by atoms with E-state index < -0.39 is 6.10 Å². The number of rotatable bonds is 5. The highest BCUT2D eigenvalue weighted by molar-refractivity contribution is 6.30. The lowest BCUT2D eigenvalue weighted by molar-refractivity contribution is -0.138. The predicted octanol–water partition coefficient (Wildman–Crippen LogP) is 3.01. The lowest BCUT2D eigenvalue weighted by atomic mass is 10.00. The molecule has 0 saturated heterocycles. The number of esters is 1. The predicted molar refractivity (Wildman–Crippen MR) is 82.5 cm³/mol. The topological polar surface area (TPSA) is 58.6 Å². The number of anilines is 1. The fourth-order valence-electron chi connectivity index (χ4n) is 1.98. The second-order valence-electron chi connectivity index (χ2n) is 4.47. The second-order valence-corrected chi connectivity index (χ2v) is 4.91. The summed E-state index contributed by atoms with van der Waals surface area (Å²) in [6, 6.07) is 14.3. The summed E-state index contributed by atoms with van der Waals surface area (Å²) in [5.41, 5.74) is 2.00. The molecule has 1 atom stereocenters. The number of carbonyl (C=O) groups is 1. The lowest BCUT2D eigenvalue weighted by Gasteiger charge is -2.17. The number of hydrogen-bond acceptors (Lipinski definition) is 4. The number of benzene rings is 2. The van der Waals surface area contributed by atoms with E-state index in [1.807, 2.05) is 30.3 Å². The molecule has 0 spiro atoms. The highest BCUT2D eigenvalue weighted by atomic mass is 35.5. The van der Waals surface area contributed by atoms with E-state index in [4.69, 9.17) is 11.6 Å². The Labute approximate surface area is 128 Å². The molecule has 0 unspecified atom stereocenters. The van der Waals surface area contributed by atoms with Gasteiger partial charge < -0.3 is 15.2 Å². The highest BCUT2D eigenvalue weighted by Gasteiger charge is 2.15. The summed E-state index contributed by atoms with van der Waals surface area (Å²) in [5, 5.41) is 14.0. The normalized spacial score (nSPS) is 11.8. The van der Waals surface area contributed by atoms with Crippen molar-refractivity contribution in [1.82, 2.24) is 0 Å². The Bertz CT molecular complexity index is 616. The van der Waals surface area contributed by atoms with Crippen LogP contribution in [0.25, 0.3) is 0 Å². The van der Waals surface area contributed by atoms with Crippen molar-refractivity contribution in [3.63, 3.8) is 0 Å². The highest BCUT2D eigenvalue weighted by Crippen LogP contribution is 2.30. The fourth-order valence-corrected chi connectivity index (χ4v) is 2.16. The van der Waals surface area contributed by atoms with Crippen LogP contribution in [0.3, 0.4) is 0 Å². The Morgan fingerprint density at radius 2 is 2.00 bits per heavy atom. The van der Waals surface area contributed by atoms with E-state index in [2.05, 4.69) is 10.1 Å². The van der Waals surface area contributed by atoms with Gasteiger partial charge in [0.2, 0.25) is 0 Å². The molecular weight excluding hydrogens is 290 g/mol. The van der Waals surface area contributed by atoms with Gasteiger partial charge in [-0.25, -0.2) is 0 Å². The molecule has 4 nitrogen and oxygen atoms in total. The molecule has 2 N–H and O–H groups in total. The van der Waals surface area contributed by atoms with Crippen molar-refractivity contribution in [2.75, 3.05) is 19.0 Å². The molecule has 0 aromatic heterocycles. The quantitative estimate of drug-likeness (QED) is 0.834. The summed E-state index contributed by atoms with van der Waals surface area (Å²) in [5.74, 6) is -0.384. The Balaban J connectivity index is 2.28. The summed E-state index contributed by atoms with van der Waals surface area (Å²) in [7, 11) is 1.33. The minimum absolute atomic E-state index is 0.0205. The van der Waals surface area contributed by atoms with E-state index in [9.17, 15) is 9.90 Å². The first kappa shape index (κ1) is 15.4. The number of aliphatic hydroxyl groups excluding tert-OH is 1. The molecule has 0 radical (unpaired) electrons. The van der Waals surface area contributed by atoms with Crippen molar-refractivity contribution in [1.29, 1.82) is 0 Å². The van der Waals surface area contributed by atoms with Gasteiger partial charge in [-0.3, -0.25) is 4.79 Å². The van der Waals surface area contributed by atoms with E-state index in [0.29, 0.717) is 16.3 Å². The largest absolute Gasteiger partial charge is 0.468 e. The summed E-state index contributed by atoms with van der Waals surface area (Å²) in [4.78, 5) is 11.2. The van der Waals surface area contributed by atoms with Crippen molar-refractivity contribution in [3.8, 4) is 0 Å². The van der Waals surface area contributed by atoms with Gasteiger partial charge >= 0.3 is 5.97 Å². The number of hydrogen-bond donors (Lipinski definition) is 2. The minimum Gasteiger partial charge on any atom is -0.468 e. The van der Waals surface area contributed by atoms with Crippen LogP contribution in [0.2, 0.25) is 5.02 Å². The molecule has 0 bridgehead atoms. The molecule has 0 aliphatic heterocycles. The Hall–Kier alpha value is -2.04. The summed E-state index contributed by atoms with van der Waals surface area (Å²) in [6.45, 7) is 0.0205. The average molecular weight is 306 g/mol. The number of halogens is 1. The lowest BCUT2D eigenvalue weighted by Crippen LogP contribution is -2.16. The van der Waals surface area contributed by atoms with Gasteiger partial charge in [0.05, 0.1) is 7.11 Å². The third-order valence-electron chi connectivity index (χ3n) is 3.07. The van der Waals surface area contributed by atoms with E-state index in [1.165, 1.54) is 7.11 Å². The van der Waals surface area contributed by atoms with Crippen molar-refractivity contribution < 1.29 is 14.6 Å². The summed E-state index contributed by atoms with van der Waals surface area (Å²) < 4.78 is 4.59. The van der Waals surface area contributed by atoms with Crippen LogP contribution in [-0.4, -0.2) is 24.7 Å². The number of aliphatic hydroxyl groups is 1. The SMILES string of the molecule is COC(=O)CNc1ccc(Cl)cc1[C@H](O)c1ccccc1. The van der Waals surface area contributed by atoms with Gasteiger partial charge in [-0.15, -0.1) is 0 Å². The van der Waals surface area contributed by atoms with Crippen LogP contribution in [0, 0.1) is 0 Å². The average Bonchev–Trinajstić information content (AvgIpc) is 2.53. The zero-order chi connectivity index (χ0) is 15.2. The van der Waals surface area contributed by atoms with Crippen molar-refractivity contribution >= 4 is 23.3 Å².